The molecular weight excluding hydrogens is 485 g/mol. The van der Waals surface area contributed by atoms with E-state index in [1.165, 1.54) is 17.0 Å². The van der Waals surface area contributed by atoms with Crippen molar-refractivity contribution in [3.63, 3.8) is 0 Å². The molecule has 33 heavy (non-hydrogen) atoms. The van der Waals surface area contributed by atoms with E-state index in [2.05, 4.69) is 5.32 Å². The molecule has 7 nitrogen and oxygen atoms in total. The van der Waals surface area contributed by atoms with Crippen LogP contribution in [0.25, 0.3) is 0 Å². The highest BCUT2D eigenvalue weighted by atomic mass is 35.5. The van der Waals surface area contributed by atoms with Gasteiger partial charge in [-0.1, -0.05) is 48.3 Å². The minimum atomic E-state index is -3.80. The van der Waals surface area contributed by atoms with E-state index in [1.54, 1.807) is 43.3 Å². The number of carbonyl (C=O) groups is 2. The third-order valence-corrected chi connectivity index (χ3v) is 6.67. The highest BCUT2D eigenvalue weighted by molar-refractivity contribution is 7.92. The fourth-order valence-corrected chi connectivity index (χ4v) is 4.50. The minimum Gasteiger partial charge on any atom is -0.352 e. The number of benzene rings is 2. The van der Waals surface area contributed by atoms with Gasteiger partial charge >= 0.3 is 0 Å². The lowest BCUT2D eigenvalue weighted by Crippen LogP contribution is -2.53. The maximum absolute atomic E-state index is 13.5. The van der Waals surface area contributed by atoms with Crippen LogP contribution in [0.5, 0.6) is 0 Å². The van der Waals surface area contributed by atoms with E-state index in [1.807, 2.05) is 13.8 Å². The summed E-state index contributed by atoms with van der Waals surface area (Å²) < 4.78 is 26.1. The Bertz CT molecular complexity index is 1080. The molecule has 0 fully saturated rings. The average molecular weight is 514 g/mol. The summed E-state index contributed by atoms with van der Waals surface area (Å²) in [6, 6.07) is 12.2. The topological polar surface area (TPSA) is 86.8 Å². The molecule has 0 bridgehead atoms. The molecular formula is C23H29Cl2N3O4S. The summed E-state index contributed by atoms with van der Waals surface area (Å²) in [4.78, 5) is 27.8. The molecule has 0 aliphatic rings. The lowest BCUT2D eigenvalue weighted by atomic mass is 10.1. The second-order valence-corrected chi connectivity index (χ2v) is 10.7. The monoisotopic (exact) mass is 513 g/mol. The van der Waals surface area contributed by atoms with Crippen molar-refractivity contribution in [2.45, 2.75) is 45.8 Å². The molecule has 2 aromatic rings. The third kappa shape index (κ3) is 7.62. The number of amides is 2. The first-order chi connectivity index (χ1) is 15.4. The second-order valence-electron chi connectivity index (χ2n) is 7.95. The predicted molar refractivity (Wildman–Crippen MR) is 133 cm³/mol. The van der Waals surface area contributed by atoms with Crippen LogP contribution < -0.4 is 9.62 Å². The van der Waals surface area contributed by atoms with Gasteiger partial charge in [-0.25, -0.2) is 8.42 Å². The molecule has 0 saturated carbocycles. The molecule has 2 rings (SSSR count). The molecule has 10 heteroatoms. The fourth-order valence-electron chi connectivity index (χ4n) is 3.33. The Kier molecular flexibility index (Phi) is 9.57. The van der Waals surface area contributed by atoms with Crippen molar-refractivity contribution in [1.29, 1.82) is 0 Å². The second kappa shape index (κ2) is 11.7. The van der Waals surface area contributed by atoms with Gasteiger partial charge in [0, 0.05) is 22.6 Å². The summed E-state index contributed by atoms with van der Waals surface area (Å²) in [6.07, 6.45) is 1.37. The van der Waals surface area contributed by atoms with Crippen LogP contribution in [-0.4, -0.2) is 50.0 Å². The first-order valence-electron chi connectivity index (χ1n) is 10.5. The van der Waals surface area contributed by atoms with Gasteiger partial charge in [0.25, 0.3) is 0 Å². The van der Waals surface area contributed by atoms with E-state index in [0.29, 0.717) is 27.7 Å². The van der Waals surface area contributed by atoms with Crippen LogP contribution >= 0.6 is 23.2 Å². The van der Waals surface area contributed by atoms with Crippen LogP contribution in [0.4, 0.5) is 5.69 Å². The molecule has 0 heterocycles. The number of nitrogens with zero attached hydrogens (tertiary/aromatic N) is 2. The van der Waals surface area contributed by atoms with Gasteiger partial charge in [-0.15, -0.1) is 0 Å². The largest absolute Gasteiger partial charge is 0.352 e. The van der Waals surface area contributed by atoms with Crippen molar-refractivity contribution in [3.05, 3.63) is 64.1 Å². The Morgan fingerprint density at radius 3 is 2.15 bits per heavy atom. The normalized spacial score (nSPS) is 12.3. The maximum atomic E-state index is 13.5. The molecule has 0 saturated heterocycles. The molecule has 180 valence electrons. The van der Waals surface area contributed by atoms with Crippen LogP contribution in [-0.2, 0) is 26.2 Å². The number of rotatable bonds is 10. The zero-order valence-corrected chi connectivity index (χ0v) is 21.4. The number of sulfonamides is 1. The molecule has 1 N–H and O–H groups in total. The van der Waals surface area contributed by atoms with Gasteiger partial charge in [-0.05, 0) is 56.2 Å². The van der Waals surface area contributed by atoms with Crippen LogP contribution in [0, 0.1) is 0 Å². The predicted octanol–water partition coefficient (Wildman–Crippen LogP) is 4.09. The van der Waals surface area contributed by atoms with Crippen molar-refractivity contribution >= 4 is 50.7 Å². The van der Waals surface area contributed by atoms with E-state index < -0.39 is 28.5 Å². The molecule has 0 unspecified atom stereocenters. The molecule has 0 aliphatic carbocycles. The molecule has 0 aliphatic heterocycles. The van der Waals surface area contributed by atoms with Crippen LogP contribution in [0.2, 0.25) is 10.0 Å². The van der Waals surface area contributed by atoms with Crippen molar-refractivity contribution in [2.75, 3.05) is 17.1 Å². The van der Waals surface area contributed by atoms with E-state index >= 15 is 0 Å². The van der Waals surface area contributed by atoms with Gasteiger partial charge in [0.2, 0.25) is 21.8 Å². The van der Waals surface area contributed by atoms with Crippen molar-refractivity contribution in [3.8, 4) is 0 Å². The highest BCUT2D eigenvalue weighted by Crippen LogP contribution is 2.23. The Morgan fingerprint density at radius 1 is 1.03 bits per heavy atom. The number of hydrogen-bond donors (Lipinski definition) is 1. The maximum Gasteiger partial charge on any atom is 0.244 e. The summed E-state index contributed by atoms with van der Waals surface area (Å²) in [6.45, 7) is 5.04. The Hall–Kier alpha value is -2.29. The molecule has 2 amide bonds. The number of nitrogens with one attached hydrogen (secondary N) is 1. The van der Waals surface area contributed by atoms with Crippen LogP contribution in [0.1, 0.15) is 32.8 Å². The number of hydrogen-bond acceptors (Lipinski definition) is 4. The zero-order chi connectivity index (χ0) is 24.8. The molecule has 0 spiro atoms. The van der Waals surface area contributed by atoms with Crippen molar-refractivity contribution in [1.82, 2.24) is 10.2 Å². The van der Waals surface area contributed by atoms with Gasteiger partial charge in [-0.3, -0.25) is 13.9 Å². The lowest BCUT2D eigenvalue weighted by molar-refractivity contribution is -0.140. The smallest absolute Gasteiger partial charge is 0.244 e. The van der Waals surface area contributed by atoms with Crippen molar-refractivity contribution < 1.29 is 18.0 Å². The molecule has 0 radical (unpaired) electrons. The summed E-state index contributed by atoms with van der Waals surface area (Å²) in [7, 11) is -3.80. The first-order valence-corrected chi connectivity index (χ1v) is 13.1. The quantitative estimate of drug-likeness (QED) is 0.518. The number of halogens is 2. The van der Waals surface area contributed by atoms with E-state index in [4.69, 9.17) is 23.2 Å². The Morgan fingerprint density at radius 2 is 1.64 bits per heavy atom. The van der Waals surface area contributed by atoms with E-state index in [-0.39, 0.29) is 18.5 Å². The van der Waals surface area contributed by atoms with Crippen LogP contribution in [0.15, 0.2) is 48.5 Å². The lowest BCUT2D eigenvalue weighted by Gasteiger charge is -2.33. The van der Waals surface area contributed by atoms with Gasteiger partial charge in [0.15, 0.2) is 0 Å². The van der Waals surface area contributed by atoms with Gasteiger partial charge < -0.3 is 10.2 Å². The summed E-state index contributed by atoms with van der Waals surface area (Å²) in [5.41, 5.74) is 0.952. The third-order valence-electron chi connectivity index (χ3n) is 4.91. The number of carbonyl (C=O) groups excluding carboxylic acids is 2. The standard InChI is InChI=1S/C23H29Cl2N3O4S/c1-5-21(23(30)26-16(2)3)27(14-17-8-6-7-9-20(17)25)22(29)15-28(33(4,31)32)19-12-10-18(24)11-13-19/h6-13,16,21H,5,14-15H2,1-4H3,(H,26,30)/t21-/m1/s1. The van der Waals surface area contributed by atoms with Gasteiger partial charge in [-0.2, -0.15) is 0 Å². The average Bonchev–Trinajstić information content (AvgIpc) is 2.72. The zero-order valence-electron chi connectivity index (χ0n) is 19.1. The van der Waals surface area contributed by atoms with E-state index in [9.17, 15) is 18.0 Å². The molecule has 1 atom stereocenters. The molecule has 2 aromatic carbocycles. The fraction of sp³-hybridized carbons (Fsp3) is 0.391. The summed E-state index contributed by atoms with van der Waals surface area (Å²) >= 11 is 12.2. The summed E-state index contributed by atoms with van der Waals surface area (Å²) in [5, 5.41) is 3.73. The highest BCUT2D eigenvalue weighted by Gasteiger charge is 2.32. The Balaban J connectivity index is 2.44. The minimum absolute atomic E-state index is 0.0563. The number of anilines is 1. The van der Waals surface area contributed by atoms with Crippen molar-refractivity contribution in [2.24, 2.45) is 0 Å². The van der Waals surface area contributed by atoms with Crippen LogP contribution in [0.3, 0.4) is 0 Å². The molecule has 0 aromatic heterocycles. The summed E-state index contributed by atoms with van der Waals surface area (Å²) in [5.74, 6) is -0.841. The van der Waals surface area contributed by atoms with Gasteiger partial charge in [0.1, 0.15) is 12.6 Å². The Labute approximate surface area is 205 Å². The van der Waals surface area contributed by atoms with Gasteiger partial charge in [0.05, 0.1) is 11.9 Å². The van der Waals surface area contributed by atoms with E-state index in [0.717, 1.165) is 10.6 Å². The SMILES string of the molecule is CC[C@H](C(=O)NC(C)C)N(Cc1ccccc1Cl)C(=O)CN(c1ccc(Cl)cc1)S(C)(=O)=O. The first kappa shape index (κ1) is 27.0.